The van der Waals surface area contributed by atoms with E-state index in [-0.39, 0.29) is 36.7 Å². The van der Waals surface area contributed by atoms with Crippen molar-refractivity contribution in [3.63, 3.8) is 0 Å². The molecule has 0 saturated carbocycles. The molecule has 0 bridgehead atoms. The molecular formula is C24H24F3N5O. The highest BCUT2D eigenvalue weighted by molar-refractivity contribution is 6.00. The minimum absolute atomic E-state index is 0.0258. The standard InChI is InChI=1S/C24H24F3N5O/c1-4-9-31(17-7-8-29-14-17)18-10-16(6-5-15(18)13-28)32-19-11-23(2,3)12-20(33)21(19)22(30-32)24(25,26)27/h1,5-6,10,17,29H,7-9,11-12,14H2,2-3H3. The van der Waals surface area contributed by atoms with Crippen molar-refractivity contribution in [3.05, 3.63) is 40.7 Å². The molecule has 172 valence electrons. The number of alkyl halides is 3. The van der Waals surface area contributed by atoms with Crippen molar-refractivity contribution in [2.24, 2.45) is 5.41 Å². The fourth-order valence-electron chi connectivity index (χ4n) is 4.76. The average Bonchev–Trinajstić information content (AvgIpc) is 3.38. The van der Waals surface area contributed by atoms with Crippen molar-refractivity contribution in [3.8, 4) is 24.1 Å². The zero-order valence-corrected chi connectivity index (χ0v) is 18.5. The molecule has 1 unspecified atom stereocenters. The second-order valence-electron chi connectivity index (χ2n) is 9.31. The maximum absolute atomic E-state index is 13.8. The van der Waals surface area contributed by atoms with Crippen LogP contribution in [0.2, 0.25) is 0 Å². The first-order valence-corrected chi connectivity index (χ1v) is 10.7. The SMILES string of the molecule is C#CCN(c1cc(-n2nc(C(F)(F)F)c3c2CC(C)(C)CC3=O)ccc1C#N)C1CCNC1. The van der Waals surface area contributed by atoms with Crippen molar-refractivity contribution in [1.29, 1.82) is 5.26 Å². The lowest BCUT2D eigenvalue weighted by molar-refractivity contribution is -0.141. The number of anilines is 1. The van der Waals surface area contributed by atoms with Crippen molar-refractivity contribution >= 4 is 11.5 Å². The van der Waals surface area contributed by atoms with E-state index in [0.29, 0.717) is 23.5 Å². The van der Waals surface area contributed by atoms with Crippen LogP contribution in [0, 0.1) is 29.1 Å². The molecule has 1 saturated heterocycles. The Morgan fingerprint density at radius 3 is 2.73 bits per heavy atom. The van der Waals surface area contributed by atoms with Crippen LogP contribution in [0.15, 0.2) is 18.2 Å². The number of rotatable bonds is 4. The molecule has 1 fully saturated rings. The van der Waals surface area contributed by atoms with E-state index in [9.17, 15) is 23.2 Å². The summed E-state index contributed by atoms with van der Waals surface area (Å²) in [5.74, 6) is 2.06. The first-order chi connectivity index (χ1) is 15.6. The Labute approximate surface area is 190 Å². The lowest BCUT2D eigenvalue weighted by Gasteiger charge is -2.31. The largest absolute Gasteiger partial charge is 0.435 e. The molecule has 1 atom stereocenters. The smallest absolute Gasteiger partial charge is 0.355 e. The minimum Gasteiger partial charge on any atom is -0.355 e. The number of halogens is 3. The highest BCUT2D eigenvalue weighted by Gasteiger charge is 2.45. The van der Waals surface area contributed by atoms with Crippen LogP contribution < -0.4 is 10.2 Å². The topological polar surface area (TPSA) is 74.0 Å². The van der Waals surface area contributed by atoms with E-state index >= 15 is 0 Å². The number of fused-ring (bicyclic) bond motifs is 1. The average molecular weight is 455 g/mol. The van der Waals surface area contributed by atoms with Crippen molar-refractivity contribution in [2.75, 3.05) is 24.5 Å². The number of nitriles is 1. The second kappa shape index (κ2) is 8.24. The van der Waals surface area contributed by atoms with E-state index in [4.69, 9.17) is 6.42 Å². The van der Waals surface area contributed by atoms with E-state index in [1.54, 1.807) is 18.2 Å². The van der Waals surface area contributed by atoms with Gasteiger partial charge in [0, 0.05) is 19.0 Å². The lowest BCUT2D eigenvalue weighted by atomic mass is 9.75. The van der Waals surface area contributed by atoms with Crippen LogP contribution in [0.25, 0.3) is 5.69 Å². The number of carbonyl (C=O) groups excluding carboxylic acids is 1. The van der Waals surface area contributed by atoms with Crippen LogP contribution in [0.5, 0.6) is 0 Å². The maximum atomic E-state index is 13.8. The quantitative estimate of drug-likeness (QED) is 0.712. The van der Waals surface area contributed by atoms with E-state index in [0.717, 1.165) is 13.0 Å². The number of nitrogens with one attached hydrogen (secondary N) is 1. The number of Topliss-reactive ketones (excluding diaryl/α,β-unsaturated/α-hetero) is 1. The molecular weight excluding hydrogens is 431 g/mol. The van der Waals surface area contributed by atoms with Crippen molar-refractivity contribution in [2.45, 2.75) is 45.3 Å². The summed E-state index contributed by atoms with van der Waals surface area (Å²) in [7, 11) is 0. The Morgan fingerprint density at radius 1 is 1.36 bits per heavy atom. The molecule has 2 aromatic rings. The zero-order valence-electron chi connectivity index (χ0n) is 18.5. The highest BCUT2D eigenvalue weighted by Crippen LogP contribution is 2.42. The number of nitrogens with zero attached hydrogens (tertiary/aromatic N) is 4. The summed E-state index contributed by atoms with van der Waals surface area (Å²) in [6.45, 7) is 5.46. The molecule has 2 aliphatic rings. The van der Waals surface area contributed by atoms with Crippen molar-refractivity contribution < 1.29 is 18.0 Å². The maximum Gasteiger partial charge on any atom is 0.435 e. The normalized spacial score (nSPS) is 19.6. The van der Waals surface area contributed by atoms with Crippen LogP contribution in [0.3, 0.4) is 0 Å². The Bertz CT molecular complexity index is 1180. The molecule has 2 heterocycles. The van der Waals surface area contributed by atoms with E-state index < -0.39 is 23.1 Å². The van der Waals surface area contributed by atoms with Gasteiger partial charge >= 0.3 is 6.18 Å². The summed E-state index contributed by atoms with van der Waals surface area (Å²) >= 11 is 0. The summed E-state index contributed by atoms with van der Waals surface area (Å²) in [6.07, 6.45) is 1.96. The molecule has 9 heteroatoms. The zero-order chi connectivity index (χ0) is 24.0. The van der Waals surface area contributed by atoms with Gasteiger partial charge in [-0.1, -0.05) is 19.8 Å². The highest BCUT2D eigenvalue weighted by atomic mass is 19.4. The first-order valence-electron chi connectivity index (χ1n) is 10.7. The predicted molar refractivity (Wildman–Crippen MR) is 117 cm³/mol. The van der Waals surface area contributed by atoms with E-state index in [2.05, 4.69) is 22.4 Å². The van der Waals surface area contributed by atoms with Gasteiger partial charge in [-0.25, -0.2) is 4.68 Å². The molecule has 1 aliphatic heterocycles. The summed E-state index contributed by atoms with van der Waals surface area (Å²) in [6, 6.07) is 6.98. The predicted octanol–water partition coefficient (Wildman–Crippen LogP) is 3.72. The van der Waals surface area contributed by atoms with Gasteiger partial charge in [-0.3, -0.25) is 4.79 Å². The molecule has 0 radical (unpaired) electrons. The Kier molecular flexibility index (Phi) is 5.71. The fraction of sp³-hybridized carbons (Fsp3) is 0.458. The molecule has 33 heavy (non-hydrogen) atoms. The van der Waals surface area contributed by atoms with E-state index in [1.807, 2.05) is 18.7 Å². The minimum atomic E-state index is -4.76. The molecule has 4 rings (SSSR count). The lowest BCUT2D eigenvalue weighted by Crippen LogP contribution is -2.37. The molecule has 1 aromatic carbocycles. The first kappa shape index (κ1) is 22.9. The molecule has 1 aliphatic carbocycles. The van der Waals surface area contributed by atoms with Gasteiger partial charge in [0.2, 0.25) is 0 Å². The molecule has 6 nitrogen and oxygen atoms in total. The van der Waals surface area contributed by atoms with Gasteiger partial charge in [-0.15, -0.1) is 6.42 Å². The Balaban J connectivity index is 1.90. The molecule has 0 spiro atoms. The third-order valence-corrected chi connectivity index (χ3v) is 6.21. The van der Waals surface area contributed by atoms with Gasteiger partial charge in [0.05, 0.1) is 34.7 Å². The fourth-order valence-corrected chi connectivity index (χ4v) is 4.76. The number of hydrogen-bond donors (Lipinski definition) is 1. The third kappa shape index (κ3) is 4.21. The number of aromatic nitrogens is 2. The Morgan fingerprint density at radius 2 is 2.12 bits per heavy atom. The van der Waals surface area contributed by atoms with Crippen LogP contribution in [0.4, 0.5) is 18.9 Å². The Hall–Kier alpha value is -3.30. The van der Waals surface area contributed by atoms with Crippen LogP contribution in [0.1, 0.15) is 54.0 Å². The van der Waals surface area contributed by atoms with Gasteiger partial charge in [0.25, 0.3) is 0 Å². The number of hydrogen-bond acceptors (Lipinski definition) is 5. The second-order valence-corrected chi connectivity index (χ2v) is 9.31. The van der Waals surface area contributed by atoms with Gasteiger partial charge in [0.1, 0.15) is 6.07 Å². The molecule has 1 N–H and O–H groups in total. The summed E-state index contributed by atoms with van der Waals surface area (Å²) in [4.78, 5) is 14.6. The van der Waals surface area contributed by atoms with Crippen molar-refractivity contribution in [1.82, 2.24) is 15.1 Å². The molecule has 0 amide bonds. The third-order valence-electron chi connectivity index (χ3n) is 6.21. The number of carbonyl (C=O) groups is 1. The monoisotopic (exact) mass is 455 g/mol. The van der Waals surface area contributed by atoms with Crippen LogP contribution >= 0.6 is 0 Å². The van der Waals surface area contributed by atoms with Crippen LogP contribution in [-0.4, -0.2) is 41.2 Å². The number of terminal acetylenes is 1. The summed E-state index contributed by atoms with van der Waals surface area (Å²) in [5.41, 5.74) is -0.502. The van der Waals surface area contributed by atoms with Gasteiger partial charge in [-0.05, 0) is 43.0 Å². The van der Waals surface area contributed by atoms with E-state index in [1.165, 1.54) is 4.68 Å². The van der Waals surface area contributed by atoms with Gasteiger partial charge in [0.15, 0.2) is 11.5 Å². The number of benzene rings is 1. The van der Waals surface area contributed by atoms with Gasteiger partial charge in [-0.2, -0.15) is 23.5 Å². The van der Waals surface area contributed by atoms with Gasteiger partial charge < -0.3 is 10.2 Å². The van der Waals surface area contributed by atoms with Crippen LogP contribution in [-0.2, 0) is 12.6 Å². The summed E-state index contributed by atoms with van der Waals surface area (Å²) < 4.78 is 42.6. The summed E-state index contributed by atoms with van der Waals surface area (Å²) in [5, 5.41) is 16.8. The molecule has 1 aromatic heterocycles. The number of ketones is 1.